The predicted octanol–water partition coefficient (Wildman–Crippen LogP) is 12.4. The van der Waals surface area contributed by atoms with Crippen LogP contribution < -0.4 is 0 Å². The van der Waals surface area contributed by atoms with Crippen molar-refractivity contribution in [2.45, 2.75) is 0 Å². The summed E-state index contributed by atoms with van der Waals surface area (Å²) in [5.74, 6) is 1.83. The van der Waals surface area contributed by atoms with Gasteiger partial charge >= 0.3 is 0 Å². The number of nitrogens with zero attached hydrogens (tertiary/aromatic N) is 3. The van der Waals surface area contributed by atoms with Gasteiger partial charge in [0.2, 0.25) is 0 Å². The Hall–Kier alpha value is -6.91. The summed E-state index contributed by atoms with van der Waals surface area (Å²) in [6.07, 6.45) is 0. The van der Waals surface area contributed by atoms with Crippen LogP contribution in [-0.2, 0) is 0 Å². The first kappa shape index (κ1) is 29.0. The highest BCUT2D eigenvalue weighted by Crippen LogP contribution is 2.42. The third-order valence-electron chi connectivity index (χ3n) is 9.71. The van der Waals surface area contributed by atoms with Gasteiger partial charge in [0.25, 0.3) is 0 Å². The Morgan fingerprint density at radius 2 is 0.882 bits per heavy atom. The van der Waals surface area contributed by atoms with E-state index in [0.29, 0.717) is 17.5 Å². The average Bonchev–Trinajstić information content (AvgIpc) is 3.59. The zero-order valence-electron chi connectivity index (χ0n) is 27.5. The summed E-state index contributed by atoms with van der Waals surface area (Å²) in [4.78, 5) is 15.5. The molecule has 10 aromatic rings. The molecule has 0 aliphatic rings. The molecule has 4 nitrogen and oxygen atoms in total. The maximum absolute atomic E-state index is 6.59. The maximum atomic E-state index is 6.59. The first-order valence-corrected chi connectivity index (χ1v) is 17.1. The van der Waals surface area contributed by atoms with Crippen LogP contribution in [0.25, 0.3) is 99.9 Å². The SMILES string of the molecule is c1ccc(-c2nc(-c3ccc4ccccc4c3)nc(-c3cc(-c4ccc(-c5ccccc5)c5ccccc45)cc4oc5ccccc5c34)n2)cc1. The zero-order valence-corrected chi connectivity index (χ0v) is 27.5. The molecule has 0 aliphatic carbocycles. The molecule has 0 atom stereocenters. The number of para-hydroxylation sites is 1. The second kappa shape index (κ2) is 11.9. The highest BCUT2D eigenvalue weighted by atomic mass is 16.3. The van der Waals surface area contributed by atoms with Gasteiger partial charge in [-0.1, -0.05) is 152 Å². The third-order valence-corrected chi connectivity index (χ3v) is 9.71. The van der Waals surface area contributed by atoms with Crippen molar-refractivity contribution in [1.82, 2.24) is 15.0 Å². The quantitative estimate of drug-likeness (QED) is 0.186. The number of benzene rings is 8. The number of hydrogen-bond acceptors (Lipinski definition) is 4. The van der Waals surface area contributed by atoms with E-state index in [1.165, 1.54) is 21.9 Å². The summed E-state index contributed by atoms with van der Waals surface area (Å²) in [7, 11) is 0. The van der Waals surface area contributed by atoms with Gasteiger partial charge in [-0.3, -0.25) is 0 Å². The highest BCUT2D eigenvalue weighted by molar-refractivity contribution is 6.14. The molecule has 4 heteroatoms. The molecule has 0 N–H and O–H groups in total. The van der Waals surface area contributed by atoms with Crippen LogP contribution in [0.4, 0.5) is 0 Å². The van der Waals surface area contributed by atoms with Crippen LogP contribution in [-0.4, -0.2) is 15.0 Å². The van der Waals surface area contributed by atoms with Crippen molar-refractivity contribution in [3.63, 3.8) is 0 Å². The number of furan rings is 1. The van der Waals surface area contributed by atoms with Gasteiger partial charge in [0, 0.05) is 27.5 Å². The van der Waals surface area contributed by atoms with Gasteiger partial charge in [-0.15, -0.1) is 0 Å². The van der Waals surface area contributed by atoms with Crippen molar-refractivity contribution in [2.75, 3.05) is 0 Å². The van der Waals surface area contributed by atoms with Gasteiger partial charge in [0.15, 0.2) is 17.5 Å². The Kier molecular flexibility index (Phi) is 6.78. The van der Waals surface area contributed by atoms with Crippen LogP contribution in [0.15, 0.2) is 180 Å². The molecule has 0 radical (unpaired) electrons. The van der Waals surface area contributed by atoms with E-state index >= 15 is 0 Å². The van der Waals surface area contributed by atoms with Gasteiger partial charge < -0.3 is 4.42 Å². The van der Waals surface area contributed by atoms with Gasteiger partial charge in [0.05, 0.1) is 0 Å². The topological polar surface area (TPSA) is 51.8 Å². The molecule has 0 unspecified atom stereocenters. The molecule has 238 valence electrons. The molecule has 8 aromatic carbocycles. The van der Waals surface area contributed by atoms with Gasteiger partial charge in [-0.2, -0.15) is 0 Å². The number of rotatable bonds is 5. The van der Waals surface area contributed by atoms with Crippen molar-refractivity contribution in [3.8, 4) is 56.4 Å². The predicted molar refractivity (Wildman–Crippen MR) is 209 cm³/mol. The first-order chi connectivity index (χ1) is 25.3. The fourth-order valence-corrected chi connectivity index (χ4v) is 7.28. The van der Waals surface area contributed by atoms with Crippen LogP contribution in [0, 0.1) is 0 Å². The maximum Gasteiger partial charge on any atom is 0.164 e. The molecule has 10 rings (SSSR count). The Morgan fingerprint density at radius 1 is 0.314 bits per heavy atom. The standard InChI is InChI=1S/C47H29N3O/c1-3-14-31(15-4-1)36-25-26-37(39-20-10-9-19-38(36)39)35-28-41(44-40-21-11-12-22-42(40)51-43(44)29-35)47-49-45(32-16-5-2-6-17-32)48-46(50-47)34-24-23-30-13-7-8-18-33(30)27-34/h1-29H. The highest BCUT2D eigenvalue weighted by Gasteiger charge is 2.21. The molecule has 0 saturated carbocycles. The second-order valence-corrected chi connectivity index (χ2v) is 12.8. The smallest absolute Gasteiger partial charge is 0.164 e. The van der Waals surface area contributed by atoms with Crippen molar-refractivity contribution < 1.29 is 4.42 Å². The minimum atomic E-state index is 0.593. The minimum absolute atomic E-state index is 0.593. The van der Waals surface area contributed by atoms with E-state index in [1.807, 2.05) is 48.5 Å². The van der Waals surface area contributed by atoms with Crippen molar-refractivity contribution in [1.29, 1.82) is 0 Å². The van der Waals surface area contributed by atoms with Crippen LogP contribution in [0.5, 0.6) is 0 Å². The van der Waals surface area contributed by atoms with E-state index in [2.05, 4.69) is 127 Å². The van der Waals surface area contributed by atoms with Crippen LogP contribution in [0.2, 0.25) is 0 Å². The summed E-state index contributed by atoms with van der Waals surface area (Å²) in [5, 5.41) is 6.66. The Bertz CT molecular complexity index is 2910. The fraction of sp³-hybridized carbons (Fsp3) is 0. The molecule has 0 spiro atoms. The molecule has 0 saturated heterocycles. The fourth-order valence-electron chi connectivity index (χ4n) is 7.28. The summed E-state index contributed by atoms with van der Waals surface area (Å²) in [6, 6.07) is 61.1. The largest absolute Gasteiger partial charge is 0.456 e. The molecule has 0 fully saturated rings. The van der Waals surface area contributed by atoms with Crippen LogP contribution >= 0.6 is 0 Å². The van der Waals surface area contributed by atoms with E-state index in [9.17, 15) is 0 Å². The molecule has 0 amide bonds. The first-order valence-electron chi connectivity index (χ1n) is 17.1. The van der Waals surface area contributed by atoms with E-state index in [1.54, 1.807) is 0 Å². The molecule has 2 heterocycles. The number of hydrogen-bond donors (Lipinski definition) is 0. The van der Waals surface area contributed by atoms with Crippen molar-refractivity contribution in [2.24, 2.45) is 0 Å². The van der Waals surface area contributed by atoms with Crippen molar-refractivity contribution >= 4 is 43.5 Å². The molecular weight excluding hydrogens is 623 g/mol. The van der Waals surface area contributed by atoms with E-state index in [0.717, 1.165) is 60.5 Å². The second-order valence-electron chi connectivity index (χ2n) is 12.8. The lowest BCUT2D eigenvalue weighted by Gasteiger charge is -2.14. The van der Waals surface area contributed by atoms with E-state index in [-0.39, 0.29) is 0 Å². The number of fused-ring (bicyclic) bond motifs is 5. The molecule has 51 heavy (non-hydrogen) atoms. The van der Waals surface area contributed by atoms with Gasteiger partial charge in [-0.25, -0.2) is 15.0 Å². The normalized spacial score (nSPS) is 11.5. The lowest BCUT2D eigenvalue weighted by molar-refractivity contribution is 0.669. The minimum Gasteiger partial charge on any atom is -0.456 e. The molecule has 0 aliphatic heterocycles. The van der Waals surface area contributed by atoms with Crippen LogP contribution in [0.1, 0.15) is 0 Å². The lowest BCUT2D eigenvalue weighted by atomic mass is 9.90. The average molecular weight is 652 g/mol. The molecule has 0 bridgehead atoms. The summed E-state index contributed by atoms with van der Waals surface area (Å²) >= 11 is 0. The third kappa shape index (κ3) is 5.04. The van der Waals surface area contributed by atoms with E-state index in [4.69, 9.17) is 19.4 Å². The Balaban J connectivity index is 1.25. The summed E-state index contributed by atoms with van der Waals surface area (Å²) < 4.78 is 6.59. The zero-order chi connectivity index (χ0) is 33.7. The van der Waals surface area contributed by atoms with Crippen LogP contribution in [0.3, 0.4) is 0 Å². The Labute approximate surface area is 294 Å². The monoisotopic (exact) mass is 651 g/mol. The summed E-state index contributed by atoms with van der Waals surface area (Å²) in [6.45, 7) is 0. The van der Waals surface area contributed by atoms with Gasteiger partial charge in [0.1, 0.15) is 11.2 Å². The van der Waals surface area contributed by atoms with Crippen molar-refractivity contribution in [3.05, 3.63) is 176 Å². The molecule has 2 aromatic heterocycles. The Morgan fingerprint density at radius 3 is 1.63 bits per heavy atom. The molecular formula is C47H29N3O. The van der Waals surface area contributed by atoms with E-state index < -0.39 is 0 Å². The number of aromatic nitrogens is 3. The van der Waals surface area contributed by atoms with Gasteiger partial charge in [-0.05, 0) is 68.1 Å². The lowest BCUT2D eigenvalue weighted by Crippen LogP contribution is -2.00. The summed E-state index contributed by atoms with van der Waals surface area (Å²) in [5.41, 5.74) is 8.89.